The lowest BCUT2D eigenvalue weighted by molar-refractivity contribution is 0.0735. The van der Waals surface area contributed by atoms with Crippen LogP contribution in [0, 0.1) is 12.7 Å². The summed E-state index contributed by atoms with van der Waals surface area (Å²) in [6, 6.07) is 5.86. The smallest absolute Gasteiger partial charge is 0.256 e. The number of hydrogen-bond acceptors (Lipinski definition) is 2. The maximum absolute atomic E-state index is 14.0. The molecule has 4 heteroatoms. The molecule has 0 aliphatic carbocycles. The molecular weight excluding hydrogens is 255 g/mol. The molecule has 2 fully saturated rings. The summed E-state index contributed by atoms with van der Waals surface area (Å²) in [4.78, 5) is 16.8. The highest BCUT2D eigenvalue weighted by atomic mass is 19.1. The van der Waals surface area contributed by atoms with Crippen molar-refractivity contribution in [2.45, 2.75) is 38.3 Å². The maximum atomic E-state index is 14.0. The van der Waals surface area contributed by atoms with Crippen molar-refractivity contribution in [1.29, 1.82) is 0 Å². The fraction of sp³-hybridized carbons (Fsp3) is 0.562. The molecule has 2 bridgehead atoms. The first kappa shape index (κ1) is 13.6. The van der Waals surface area contributed by atoms with Crippen LogP contribution in [0.25, 0.3) is 0 Å². The number of amides is 1. The van der Waals surface area contributed by atoms with E-state index in [1.54, 1.807) is 12.1 Å². The normalized spacial score (nSPS) is 26.6. The predicted octanol–water partition coefficient (Wildman–Crippen LogP) is 2.44. The number of nitrogens with zero attached hydrogens (tertiary/aromatic N) is 2. The molecule has 2 aliphatic rings. The first-order chi connectivity index (χ1) is 9.56. The minimum absolute atomic E-state index is 0.163. The zero-order chi connectivity index (χ0) is 14.3. The van der Waals surface area contributed by atoms with E-state index in [9.17, 15) is 9.18 Å². The minimum atomic E-state index is -0.405. The van der Waals surface area contributed by atoms with E-state index >= 15 is 0 Å². The number of carbonyl (C=O) groups excluding carboxylic acids is 1. The Labute approximate surface area is 119 Å². The Morgan fingerprint density at radius 2 is 2.00 bits per heavy atom. The third-order valence-electron chi connectivity index (χ3n) is 4.79. The molecule has 0 spiro atoms. The summed E-state index contributed by atoms with van der Waals surface area (Å²) in [6.07, 6.45) is 3.36. The number of likely N-dealkylation sites (tertiary alicyclic amines) is 1. The van der Waals surface area contributed by atoms with Gasteiger partial charge in [-0.05, 0) is 50.9 Å². The van der Waals surface area contributed by atoms with Crippen LogP contribution in [0.2, 0.25) is 0 Å². The molecule has 1 aromatic rings. The molecule has 3 rings (SSSR count). The molecule has 0 radical (unpaired) electrons. The number of carbonyl (C=O) groups is 1. The van der Waals surface area contributed by atoms with Crippen molar-refractivity contribution in [2.24, 2.45) is 0 Å². The van der Waals surface area contributed by atoms with Gasteiger partial charge in [0.2, 0.25) is 0 Å². The summed E-state index contributed by atoms with van der Waals surface area (Å²) in [6.45, 7) is 3.29. The number of benzene rings is 1. The Bertz CT molecular complexity index is 531. The van der Waals surface area contributed by atoms with E-state index < -0.39 is 5.82 Å². The van der Waals surface area contributed by atoms with E-state index in [0.717, 1.165) is 31.5 Å². The fourth-order valence-corrected chi connectivity index (χ4v) is 3.46. The van der Waals surface area contributed by atoms with Gasteiger partial charge < -0.3 is 4.90 Å². The Morgan fingerprint density at radius 1 is 1.25 bits per heavy atom. The molecule has 0 N–H and O–H groups in total. The Kier molecular flexibility index (Phi) is 3.50. The zero-order valence-electron chi connectivity index (χ0n) is 12.1. The lowest BCUT2D eigenvalue weighted by Crippen LogP contribution is -2.40. The second-order valence-electron chi connectivity index (χ2n) is 6.07. The fourth-order valence-electron chi connectivity index (χ4n) is 3.46. The molecular formula is C16H21FN2O. The highest BCUT2D eigenvalue weighted by molar-refractivity contribution is 5.94. The van der Waals surface area contributed by atoms with E-state index in [4.69, 9.17) is 0 Å². The number of hydrogen-bond donors (Lipinski definition) is 0. The Hall–Kier alpha value is -1.42. The zero-order valence-corrected chi connectivity index (χ0v) is 12.1. The van der Waals surface area contributed by atoms with Gasteiger partial charge in [0.05, 0.1) is 5.56 Å². The highest BCUT2D eigenvalue weighted by Gasteiger charge is 2.36. The van der Waals surface area contributed by atoms with Crippen LogP contribution in [-0.2, 0) is 0 Å². The molecule has 0 saturated carbocycles. The van der Waals surface area contributed by atoms with Gasteiger partial charge in [0, 0.05) is 25.2 Å². The van der Waals surface area contributed by atoms with E-state index in [0.29, 0.717) is 12.1 Å². The van der Waals surface area contributed by atoms with Crippen molar-refractivity contribution < 1.29 is 9.18 Å². The van der Waals surface area contributed by atoms with Gasteiger partial charge in [-0.15, -0.1) is 0 Å². The average Bonchev–Trinajstić information content (AvgIpc) is 2.62. The summed E-state index contributed by atoms with van der Waals surface area (Å²) >= 11 is 0. The van der Waals surface area contributed by atoms with Gasteiger partial charge in [0.25, 0.3) is 5.91 Å². The Morgan fingerprint density at radius 3 is 2.75 bits per heavy atom. The number of halogens is 1. The van der Waals surface area contributed by atoms with Crippen molar-refractivity contribution in [3.63, 3.8) is 0 Å². The van der Waals surface area contributed by atoms with Gasteiger partial charge in [0.1, 0.15) is 5.82 Å². The lowest BCUT2D eigenvalue weighted by atomic mass is 10.1. The van der Waals surface area contributed by atoms with Crippen molar-refractivity contribution in [3.8, 4) is 0 Å². The number of aryl methyl sites for hydroxylation is 1. The number of rotatable bonds is 1. The maximum Gasteiger partial charge on any atom is 0.256 e. The standard InChI is InChI=1S/C16H21FN2O/c1-11-3-6-14(15(17)9-11)16(20)19-8-7-12-4-5-13(10-19)18(12)2/h3,6,9,12-13H,4-5,7-8,10H2,1-2H3. The van der Waals surface area contributed by atoms with Crippen LogP contribution >= 0.6 is 0 Å². The first-order valence-corrected chi connectivity index (χ1v) is 7.33. The summed E-state index contributed by atoms with van der Waals surface area (Å²) in [5.41, 5.74) is 1.05. The predicted molar refractivity (Wildman–Crippen MR) is 76.2 cm³/mol. The van der Waals surface area contributed by atoms with Gasteiger partial charge in [-0.2, -0.15) is 0 Å². The molecule has 1 aromatic carbocycles. The molecule has 2 saturated heterocycles. The number of fused-ring (bicyclic) bond motifs is 2. The van der Waals surface area contributed by atoms with E-state index in [2.05, 4.69) is 11.9 Å². The SMILES string of the molecule is Cc1ccc(C(=O)N2CCC3CCC(C2)N3C)c(F)c1. The van der Waals surface area contributed by atoms with Crippen LogP contribution in [-0.4, -0.2) is 47.9 Å². The first-order valence-electron chi connectivity index (χ1n) is 7.33. The second-order valence-corrected chi connectivity index (χ2v) is 6.07. The molecule has 108 valence electrons. The molecule has 20 heavy (non-hydrogen) atoms. The average molecular weight is 276 g/mol. The van der Waals surface area contributed by atoms with E-state index in [1.165, 1.54) is 12.5 Å². The van der Waals surface area contributed by atoms with Crippen molar-refractivity contribution in [2.75, 3.05) is 20.1 Å². The largest absolute Gasteiger partial charge is 0.337 e. The third-order valence-corrected chi connectivity index (χ3v) is 4.79. The van der Waals surface area contributed by atoms with E-state index in [1.807, 2.05) is 11.8 Å². The van der Waals surface area contributed by atoms with Gasteiger partial charge in [-0.25, -0.2) is 4.39 Å². The monoisotopic (exact) mass is 276 g/mol. The molecule has 2 unspecified atom stereocenters. The second kappa shape index (κ2) is 5.17. The molecule has 2 aliphatic heterocycles. The minimum Gasteiger partial charge on any atom is -0.337 e. The Balaban J connectivity index is 1.80. The van der Waals surface area contributed by atoms with Crippen LogP contribution in [0.4, 0.5) is 4.39 Å². The van der Waals surface area contributed by atoms with Gasteiger partial charge in [-0.3, -0.25) is 9.69 Å². The summed E-state index contributed by atoms with van der Waals surface area (Å²) in [5.74, 6) is -0.568. The van der Waals surface area contributed by atoms with Crippen LogP contribution in [0.1, 0.15) is 35.2 Å². The summed E-state index contributed by atoms with van der Waals surface area (Å²) < 4.78 is 14.0. The topological polar surface area (TPSA) is 23.6 Å². The third kappa shape index (κ3) is 2.33. The van der Waals surface area contributed by atoms with Crippen LogP contribution in [0.5, 0.6) is 0 Å². The van der Waals surface area contributed by atoms with E-state index in [-0.39, 0.29) is 11.5 Å². The molecule has 1 amide bonds. The summed E-state index contributed by atoms with van der Waals surface area (Å²) in [7, 11) is 2.14. The lowest BCUT2D eigenvalue weighted by Gasteiger charge is -2.26. The van der Waals surface area contributed by atoms with Crippen LogP contribution in [0.3, 0.4) is 0 Å². The molecule has 0 aromatic heterocycles. The van der Waals surface area contributed by atoms with Gasteiger partial charge in [0.15, 0.2) is 0 Å². The van der Waals surface area contributed by atoms with Crippen molar-refractivity contribution in [3.05, 3.63) is 35.1 Å². The van der Waals surface area contributed by atoms with Crippen molar-refractivity contribution in [1.82, 2.24) is 9.80 Å². The molecule has 2 atom stereocenters. The molecule has 2 heterocycles. The van der Waals surface area contributed by atoms with Crippen molar-refractivity contribution >= 4 is 5.91 Å². The highest BCUT2D eigenvalue weighted by Crippen LogP contribution is 2.29. The quantitative estimate of drug-likeness (QED) is 0.786. The van der Waals surface area contributed by atoms with Crippen LogP contribution < -0.4 is 0 Å². The van der Waals surface area contributed by atoms with Gasteiger partial charge >= 0.3 is 0 Å². The van der Waals surface area contributed by atoms with Crippen LogP contribution in [0.15, 0.2) is 18.2 Å². The molecule has 3 nitrogen and oxygen atoms in total. The van der Waals surface area contributed by atoms with Gasteiger partial charge in [-0.1, -0.05) is 6.07 Å². The number of likely N-dealkylation sites (N-methyl/N-ethyl adjacent to an activating group) is 1. The summed E-state index contributed by atoms with van der Waals surface area (Å²) in [5, 5.41) is 0.